The summed E-state index contributed by atoms with van der Waals surface area (Å²) in [5, 5.41) is -0.648. The number of amides is 2. The van der Waals surface area contributed by atoms with Crippen molar-refractivity contribution in [2.75, 3.05) is 18.6 Å². The molecule has 1 aliphatic heterocycles. The molecule has 4 atom stereocenters. The van der Waals surface area contributed by atoms with Gasteiger partial charge in [0.25, 0.3) is 0 Å². The second-order valence-electron chi connectivity index (χ2n) is 18.7. The summed E-state index contributed by atoms with van der Waals surface area (Å²) in [5.41, 5.74) is -0.785. The fraction of sp³-hybridized carbons (Fsp3) is 0.457. The Morgan fingerprint density at radius 1 is 0.806 bits per heavy atom. The molecule has 3 heterocycles. The van der Waals surface area contributed by atoms with Crippen molar-refractivity contribution in [1.29, 1.82) is 0 Å². The van der Waals surface area contributed by atoms with Crippen LogP contribution in [-0.2, 0) is 29.0 Å². The zero-order valence-electron chi connectivity index (χ0n) is 37.4. The van der Waals surface area contributed by atoms with Crippen LogP contribution >= 0.6 is 11.6 Å². The van der Waals surface area contributed by atoms with E-state index in [-0.39, 0.29) is 33.9 Å². The average molecular weight is 891 g/mol. The van der Waals surface area contributed by atoms with Crippen molar-refractivity contribution in [3.8, 4) is 5.75 Å². The minimum absolute atomic E-state index is 0.0254. The number of hydrogen-bond acceptors (Lipinski definition) is 11. The second kappa shape index (κ2) is 17.7. The molecule has 5 aromatic rings. The third-order valence-corrected chi connectivity index (χ3v) is 15.5. The number of fused-ring (bicyclic) bond motifs is 1. The highest BCUT2D eigenvalue weighted by Gasteiger charge is 2.53. The van der Waals surface area contributed by atoms with Gasteiger partial charge in [0.1, 0.15) is 34.8 Å². The molecule has 0 N–H and O–H groups in total. The van der Waals surface area contributed by atoms with E-state index in [1.54, 1.807) is 48.7 Å². The first-order valence-corrected chi connectivity index (χ1v) is 23.8. The molecule has 0 bridgehead atoms. The van der Waals surface area contributed by atoms with Crippen LogP contribution < -0.4 is 9.64 Å². The molecule has 0 saturated carbocycles. The van der Waals surface area contributed by atoms with Crippen LogP contribution in [0.4, 0.5) is 19.8 Å². The number of imidazole rings is 1. The predicted octanol–water partition coefficient (Wildman–Crippen LogP) is 10.8. The van der Waals surface area contributed by atoms with Crippen LogP contribution in [0.5, 0.6) is 5.75 Å². The number of anilines is 1. The van der Waals surface area contributed by atoms with E-state index in [0.717, 1.165) is 16.7 Å². The highest BCUT2D eigenvalue weighted by Crippen LogP contribution is 2.46. The molecule has 332 valence electrons. The van der Waals surface area contributed by atoms with Gasteiger partial charge in [-0.2, -0.15) is 14.9 Å². The quantitative estimate of drug-likeness (QED) is 0.0712. The number of alkyl halides is 1. The van der Waals surface area contributed by atoms with Gasteiger partial charge < -0.3 is 28.1 Å². The Morgan fingerprint density at radius 2 is 1.32 bits per heavy atom. The lowest BCUT2D eigenvalue weighted by atomic mass is 9.80. The van der Waals surface area contributed by atoms with Gasteiger partial charge in [-0.3, -0.25) is 4.57 Å². The number of benzene rings is 3. The predicted molar refractivity (Wildman–Crippen MR) is 238 cm³/mol. The molecule has 2 aromatic heterocycles. The summed E-state index contributed by atoms with van der Waals surface area (Å²) in [7, 11) is -1.10. The van der Waals surface area contributed by atoms with E-state index in [1.165, 1.54) is 10.9 Å². The van der Waals surface area contributed by atoms with Gasteiger partial charge in [0.15, 0.2) is 37.7 Å². The summed E-state index contributed by atoms with van der Waals surface area (Å²) in [4.78, 5) is 41.4. The summed E-state index contributed by atoms with van der Waals surface area (Å²) in [5.74, 6) is 0.369. The summed E-state index contributed by atoms with van der Waals surface area (Å²) < 4.78 is 56.5. The Hall–Kier alpha value is -4.93. The summed E-state index contributed by atoms with van der Waals surface area (Å²) in [6, 6.07) is 27.1. The molecule has 2 amide bonds. The van der Waals surface area contributed by atoms with E-state index in [0.29, 0.717) is 10.6 Å². The summed E-state index contributed by atoms with van der Waals surface area (Å²) in [6.07, 6.45) is -6.02. The Morgan fingerprint density at radius 3 is 1.81 bits per heavy atom. The fourth-order valence-corrected chi connectivity index (χ4v) is 8.35. The van der Waals surface area contributed by atoms with Gasteiger partial charge in [0.2, 0.25) is 5.28 Å². The molecule has 1 saturated heterocycles. The maximum absolute atomic E-state index is 17.6. The number of ether oxygens (including phenoxy) is 5. The topological polar surface area (TPSA) is 136 Å². The van der Waals surface area contributed by atoms with Gasteiger partial charge in [-0.15, -0.1) is 0 Å². The fourth-order valence-electron chi connectivity index (χ4n) is 6.90. The highest BCUT2D eigenvalue weighted by molar-refractivity contribution is 6.74. The molecular weight excluding hydrogens is 833 g/mol. The van der Waals surface area contributed by atoms with Gasteiger partial charge in [-0.1, -0.05) is 93.6 Å². The number of hydrogen-bond donors (Lipinski definition) is 0. The van der Waals surface area contributed by atoms with Crippen molar-refractivity contribution >= 4 is 49.1 Å². The average Bonchev–Trinajstić information content (AvgIpc) is 3.74. The summed E-state index contributed by atoms with van der Waals surface area (Å²) >= 11 is 6.57. The first kappa shape index (κ1) is 46.6. The monoisotopic (exact) mass is 889 g/mol. The van der Waals surface area contributed by atoms with Crippen LogP contribution in [0.2, 0.25) is 23.4 Å². The molecule has 13 nitrogen and oxygen atoms in total. The van der Waals surface area contributed by atoms with Gasteiger partial charge in [-0.25, -0.2) is 19.0 Å². The Balaban J connectivity index is 1.47. The Kier molecular flexibility index (Phi) is 13.3. The summed E-state index contributed by atoms with van der Waals surface area (Å²) in [6.45, 7) is 20.0. The molecular formula is C46H57ClFN5O8Si. The third kappa shape index (κ3) is 9.81. The lowest BCUT2D eigenvalue weighted by Gasteiger charge is -2.39. The van der Waals surface area contributed by atoms with Crippen LogP contribution in [-0.4, -0.2) is 83.3 Å². The first-order chi connectivity index (χ1) is 29.0. The molecule has 62 heavy (non-hydrogen) atoms. The number of methoxy groups -OCH3 is 1. The zero-order valence-corrected chi connectivity index (χ0v) is 39.2. The molecule has 3 aromatic carbocycles. The molecule has 1 aliphatic rings. The molecule has 0 unspecified atom stereocenters. The highest BCUT2D eigenvalue weighted by atomic mass is 35.5. The normalized spacial score (nSPS) is 18.7. The van der Waals surface area contributed by atoms with Crippen LogP contribution in [0.3, 0.4) is 0 Å². The minimum atomic E-state index is -2.70. The van der Waals surface area contributed by atoms with Gasteiger partial charge >= 0.3 is 12.2 Å². The van der Waals surface area contributed by atoms with E-state index >= 15 is 4.39 Å². The lowest BCUT2D eigenvalue weighted by molar-refractivity contribution is -0.0888. The van der Waals surface area contributed by atoms with E-state index in [4.69, 9.17) is 39.7 Å². The van der Waals surface area contributed by atoms with Crippen molar-refractivity contribution in [1.82, 2.24) is 19.5 Å². The van der Waals surface area contributed by atoms with Crippen LogP contribution in [0.25, 0.3) is 11.2 Å². The maximum Gasteiger partial charge on any atom is 0.425 e. The molecule has 0 aliphatic carbocycles. The largest absolute Gasteiger partial charge is 0.497 e. The smallest absolute Gasteiger partial charge is 0.425 e. The number of aromatic nitrogens is 4. The molecule has 6 rings (SSSR count). The van der Waals surface area contributed by atoms with Crippen LogP contribution in [0.15, 0.2) is 91.3 Å². The molecule has 0 spiro atoms. The standard InChI is InChI=1S/C46H57ClFN5O8Si/c1-43(2,3)59-41(54)53(42(55)60-44(4,5)6)38-35-37(50-40(47)51-38)52(28-49-35)39-36(61-62(11,12)45(7,8)9)34(48)33(58-39)27-57-46(29-19-15-13-16-20-29,30-21-17-14-18-22-30)31-23-25-32(56-10)26-24-31/h13-26,28,33-34,36,39H,27H2,1-12H3/t33-,34-,36-,39-/m1/s1. The van der Waals surface area contributed by atoms with Crippen LogP contribution in [0, 0.1) is 0 Å². The van der Waals surface area contributed by atoms with Crippen molar-refractivity contribution in [2.45, 2.75) is 122 Å². The Labute approximate surface area is 368 Å². The number of imide groups is 1. The number of halogens is 2. The lowest BCUT2D eigenvalue weighted by Crippen LogP contribution is -2.48. The zero-order chi connectivity index (χ0) is 45.4. The van der Waals surface area contributed by atoms with E-state index in [9.17, 15) is 9.59 Å². The molecule has 0 radical (unpaired) electrons. The second-order valence-corrected chi connectivity index (χ2v) is 23.8. The van der Waals surface area contributed by atoms with Crippen molar-refractivity contribution < 1.29 is 42.1 Å². The molecule has 1 fully saturated rings. The van der Waals surface area contributed by atoms with Crippen molar-refractivity contribution in [3.05, 3.63) is 113 Å². The first-order valence-electron chi connectivity index (χ1n) is 20.5. The number of rotatable bonds is 11. The van der Waals surface area contributed by atoms with Crippen molar-refractivity contribution in [2.24, 2.45) is 0 Å². The number of carbonyl (C=O) groups excluding carboxylic acids is 2. The SMILES string of the molecule is COc1ccc(C(OC[C@H]2O[C@@H](n3cnc4c(N(C(=O)OC(C)(C)C)C(=O)OC(C)(C)C)nc(Cl)nc43)[C@H](O[Si](C)(C)C(C)(C)C)[C@@H]2F)(c2ccccc2)c2ccccc2)cc1. The Bertz CT molecular complexity index is 2280. The number of carbonyl (C=O) groups is 2. The molecule has 16 heteroatoms. The van der Waals surface area contributed by atoms with E-state index in [1.807, 2.05) is 98.0 Å². The maximum atomic E-state index is 17.6. The van der Waals surface area contributed by atoms with E-state index in [2.05, 4.69) is 35.7 Å². The van der Waals surface area contributed by atoms with Crippen LogP contribution in [0.1, 0.15) is 85.2 Å². The van der Waals surface area contributed by atoms with Gasteiger partial charge in [-0.05, 0) is 100 Å². The van der Waals surface area contributed by atoms with E-state index < -0.39 is 61.9 Å². The third-order valence-electron chi connectivity index (χ3n) is 10.8. The van der Waals surface area contributed by atoms with Crippen molar-refractivity contribution in [3.63, 3.8) is 0 Å². The number of nitrogens with zero attached hydrogens (tertiary/aromatic N) is 5. The van der Waals surface area contributed by atoms with Gasteiger partial charge in [0, 0.05) is 0 Å². The van der Waals surface area contributed by atoms with Gasteiger partial charge in [0.05, 0.1) is 20.0 Å². The minimum Gasteiger partial charge on any atom is -0.497 e.